The maximum atomic E-state index is 12.5. The van der Waals surface area contributed by atoms with Gasteiger partial charge in [0.15, 0.2) is 0 Å². The second kappa shape index (κ2) is 12.0. The van der Waals surface area contributed by atoms with Gasteiger partial charge in [0.1, 0.15) is 0 Å². The maximum Gasteiger partial charge on any atom is 0.346 e. The topological polar surface area (TPSA) is 95.5 Å². The zero-order chi connectivity index (χ0) is 22.0. The van der Waals surface area contributed by atoms with Crippen LogP contribution < -0.4 is 11.4 Å². The molecular weight excluding hydrogens is 374 g/mol. The van der Waals surface area contributed by atoms with Crippen LogP contribution in [0.5, 0.6) is 0 Å². The van der Waals surface area contributed by atoms with Crippen molar-refractivity contribution in [3.63, 3.8) is 0 Å². The van der Waals surface area contributed by atoms with Gasteiger partial charge in [0.05, 0.1) is 12.7 Å². The minimum Gasteiger partial charge on any atom is -0.469 e. The van der Waals surface area contributed by atoms with Gasteiger partial charge < -0.3 is 9.84 Å². The number of nitrogens with zero attached hydrogens (tertiary/aromatic N) is 3. The van der Waals surface area contributed by atoms with Crippen molar-refractivity contribution < 1.29 is 14.6 Å². The molecule has 29 heavy (non-hydrogen) atoms. The van der Waals surface area contributed by atoms with Crippen LogP contribution in [0.1, 0.15) is 78.6 Å². The van der Waals surface area contributed by atoms with Crippen LogP contribution in [-0.4, -0.2) is 37.7 Å². The Balaban J connectivity index is 2.69. The van der Waals surface area contributed by atoms with Crippen molar-refractivity contribution >= 4 is 5.97 Å². The number of ether oxygens (including phenoxy) is 1. The van der Waals surface area contributed by atoms with Gasteiger partial charge in [0.25, 0.3) is 0 Å². The summed E-state index contributed by atoms with van der Waals surface area (Å²) in [7, 11) is 2.86. The minimum atomic E-state index is -0.890. The number of hydrogen-bond acceptors (Lipinski definition) is 5. The molecule has 8 heteroatoms. The Kier molecular flexibility index (Phi) is 10.4. The summed E-state index contributed by atoms with van der Waals surface area (Å²) in [5.41, 5.74) is -1.57. The summed E-state index contributed by atoms with van der Waals surface area (Å²) >= 11 is 0. The molecule has 1 heterocycles. The van der Waals surface area contributed by atoms with Crippen LogP contribution in [0.3, 0.4) is 0 Å². The van der Waals surface area contributed by atoms with Crippen molar-refractivity contribution in [2.24, 2.45) is 13.0 Å². The standard InChI is InChI=1S/C21H39N3O5/c1-6-7-12-17(2)21(3,28)14-16-24-20(27)22(4)19(26)23(24)15-11-9-8-10-13-18(25)29-5/h17,28H,6-16H2,1-5H3. The number of methoxy groups -OCH3 is 1. The minimum absolute atomic E-state index is 0.122. The number of aliphatic hydroxyl groups is 1. The van der Waals surface area contributed by atoms with Crippen LogP contribution >= 0.6 is 0 Å². The van der Waals surface area contributed by atoms with E-state index in [-0.39, 0.29) is 23.3 Å². The van der Waals surface area contributed by atoms with E-state index in [0.29, 0.717) is 25.9 Å². The number of hydrogen-bond donors (Lipinski definition) is 1. The second-order valence-corrected chi connectivity index (χ2v) is 8.26. The van der Waals surface area contributed by atoms with E-state index in [4.69, 9.17) is 0 Å². The predicted octanol–water partition coefficient (Wildman–Crippen LogP) is 2.44. The molecule has 2 atom stereocenters. The fraction of sp³-hybridized carbons (Fsp3) is 0.857. The highest BCUT2D eigenvalue weighted by Crippen LogP contribution is 2.26. The monoisotopic (exact) mass is 413 g/mol. The van der Waals surface area contributed by atoms with Crippen molar-refractivity contribution in [2.75, 3.05) is 7.11 Å². The van der Waals surface area contributed by atoms with Gasteiger partial charge in [-0.3, -0.25) is 4.79 Å². The fourth-order valence-corrected chi connectivity index (χ4v) is 3.45. The predicted molar refractivity (Wildman–Crippen MR) is 113 cm³/mol. The van der Waals surface area contributed by atoms with Crippen molar-refractivity contribution in [1.29, 1.82) is 0 Å². The molecule has 0 radical (unpaired) electrons. The largest absolute Gasteiger partial charge is 0.469 e. The second-order valence-electron chi connectivity index (χ2n) is 8.26. The molecule has 0 aliphatic carbocycles. The third kappa shape index (κ3) is 7.49. The van der Waals surface area contributed by atoms with Crippen molar-refractivity contribution in [3.8, 4) is 0 Å². The Morgan fingerprint density at radius 2 is 1.66 bits per heavy atom. The van der Waals surface area contributed by atoms with Gasteiger partial charge in [-0.05, 0) is 38.5 Å². The zero-order valence-electron chi connectivity index (χ0n) is 18.8. The molecule has 1 N–H and O–H groups in total. The summed E-state index contributed by atoms with van der Waals surface area (Å²) in [5, 5.41) is 10.8. The molecular formula is C21H39N3O5. The van der Waals surface area contributed by atoms with E-state index in [0.717, 1.165) is 49.5 Å². The third-order valence-electron chi connectivity index (χ3n) is 5.92. The molecule has 168 valence electrons. The molecule has 0 bridgehead atoms. The van der Waals surface area contributed by atoms with Gasteiger partial charge in [-0.1, -0.05) is 39.5 Å². The van der Waals surface area contributed by atoms with E-state index in [1.165, 1.54) is 23.5 Å². The summed E-state index contributed by atoms with van der Waals surface area (Å²) in [6.45, 7) is 6.72. The number of esters is 1. The number of carbonyl (C=O) groups excluding carboxylic acids is 1. The van der Waals surface area contributed by atoms with Gasteiger partial charge in [0, 0.05) is 26.6 Å². The first-order valence-corrected chi connectivity index (χ1v) is 10.8. The van der Waals surface area contributed by atoms with Gasteiger partial charge in [0.2, 0.25) is 0 Å². The van der Waals surface area contributed by atoms with E-state index in [2.05, 4.69) is 11.7 Å². The van der Waals surface area contributed by atoms with Gasteiger partial charge in [-0.15, -0.1) is 0 Å². The van der Waals surface area contributed by atoms with Gasteiger partial charge in [-0.25, -0.2) is 23.5 Å². The SMILES string of the molecule is CCCCC(C)C(C)(O)CCn1c(=O)n(C)c(=O)n1CCCCCCC(=O)OC. The first-order valence-electron chi connectivity index (χ1n) is 10.8. The van der Waals surface area contributed by atoms with Crippen molar-refractivity contribution in [1.82, 2.24) is 13.9 Å². The molecule has 2 unspecified atom stereocenters. The summed E-state index contributed by atoms with van der Waals surface area (Å²) in [6, 6.07) is 0. The van der Waals surface area contributed by atoms with E-state index < -0.39 is 5.60 Å². The third-order valence-corrected chi connectivity index (χ3v) is 5.92. The normalized spacial score (nSPS) is 14.6. The summed E-state index contributed by atoms with van der Waals surface area (Å²) in [4.78, 5) is 36.0. The Hall–Kier alpha value is -1.83. The van der Waals surface area contributed by atoms with Crippen LogP contribution in [0.4, 0.5) is 0 Å². The molecule has 1 aromatic rings. The lowest BCUT2D eigenvalue weighted by Crippen LogP contribution is -2.37. The van der Waals surface area contributed by atoms with E-state index >= 15 is 0 Å². The molecule has 1 rings (SSSR count). The molecule has 0 spiro atoms. The van der Waals surface area contributed by atoms with Crippen LogP contribution in [0.2, 0.25) is 0 Å². The average molecular weight is 414 g/mol. The molecule has 0 fully saturated rings. The fourth-order valence-electron chi connectivity index (χ4n) is 3.45. The average Bonchev–Trinajstić information content (AvgIpc) is 2.90. The smallest absolute Gasteiger partial charge is 0.346 e. The highest BCUT2D eigenvalue weighted by Gasteiger charge is 2.28. The first-order chi connectivity index (χ1) is 13.7. The van der Waals surface area contributed by atoms with Gasteiger partial charge in [-0.2, -0.15) is 0 Å². The van der Waals surface area contributed by atoms with Crippen molar-refractivity contribution in [3.05, 3.63) is 21.0 Å². The zero-order valence-corrected chi connectivity index (χ0v) is 18.8. The molecule has 0 saturated carbocycles. The molecule has 0 amide bonds. The molecule has 8 nitrogen and oxygen atoms in total. The summed E-state index contributed by atoms with van der Waals surface area (Å²) in [5.74, 6) is -0.0878. The number of carbonyl (C=O) groups is 1. The number of aromatic nitrogens is 3. The van der Waals surface area contributed by atoms with Crippen LogP contribution in [0.15, 0.2) is 9.59 Å². The molecule has 0 aliphatic rings. The molecule has 0 saturated heterocycles. The highest BCUT2D eigenvalue weighted by molar-refractivity contribution is 5.68. The highest BCUT2D eigenvalue weighted by atomic mass is 16.5. The Morgan fingerprint density at radius 1 is 1.07 bits per heavy atom. The lowest BCUT2D eigenvalue weighted by atomic mass is 9.84. The first kappa shape index (κ1) is 25.2. The van der Waals surface area contributed by atoms with Crippen LogP contribution in [0, 0.1) is 5.92 Å². The molecule has 0 aliphatic heterocycles. The van der Waals surface area contributed by atoms with Gasteiger partial charge >= 0.3 is 17.3 Å². The lowest BCUT2D eigenvalue weighted by molar-refractivity contribution is -0.140. The Labute approximate surface area is 173 Å². The van der Waals surface area contributed by atoms with E-state index in [9.17, 15) is 19.5 Å². The van der Waals surface area contributed by atoms with Crippen LogP contribution in [-0.2, 0) is 29.7 Å². The van der Waals surface area contributed by atoms with E-state index in [1.54, 1.807) is 0 Å². The summed E-state index contributed by atoms with van der Waals surface area (Å²) in [6.07, 6.45) is 7.11. The lowest BCUT2D eigenvalue weighted by Gasteiger charge is -2.30. The molecule has 0 aromatic carbocycles. The number of unbranched alkanes of at least 4 members (excludes halogenated alkanes) is 4. The Bertz CT molecular complexity index is 744. The molecule has 1 aromatic heterocycles. The maximum absolute atomic E-state index is 12.5. The summed E-state index contributed by atoms with van der Waals surface area (Å²) < 4.78 is 8.68. The Morgan fingerprint density at radius 3 is 2.24 bits per heavy atom. The quantitative estimate of drug-likeness (QED) is 0.373. The van der Waals surface area contributed by atoms with Crippen molar-refractivity contribution in [2.45, 2.75) is 97.2 Å². The number of rotatable bonds is 14. The van der Waals surface area contributed by atoms with E-state index in [1.807, 2.05) is 13.8 Å². The van der Waals surface area contributed by atoms with Crippen LogP contribution in [0.25, 0.3) is 0 Å².